The largest absolute Gasteiger partial charge is 2.00 e. The number of nitro groups is 1. The van der Waals surface area contributed by atoms with Crippen LogP contribution in [0.2, 0.25) is 0 Å². The van der Waals surface area contributed by atoms with Gasteiger partial charge in [-0.1, -0.05) is 48.2 Å². The van der Waals surface area contributed by atoms with E-state index < -0.39 is 16.4 Å². The first kappa shape index (κ1) is 24.5. The van der Waals surface area contributed by atoms with Crippen LogP contribution in [-0.4, -0.2) is 20.5 Å². The summed E-state index contributed by atoms with van der Waals surface area (Å²) in [6.07, 6.45) is 1.45. The van der Waals surface area contributed by atoms with Gasteiger partial charge in [0.25, 0.3) is 5.69 Å². The van der Waals surface area contributed by atoms with E-state index in [1.165, 1.54) is 18.3 Å². The molecule has 1 radical (unpaired) electrons. The quantitative estimate of drug-likeness (QED) is 0.237. The molecule has 10 heteroatoms. The Hall–Kier alpha value is -4.15. The maximum Gasteiger partial charge on any atom is 2.00 e. The fourth-order valence-corrected chi connectivity index (χ4v) is 3.39. The predicted molar refractivity (Wildman–Crippen MR) is 120 cm³/mol. The molecule has 9 nitrogen and oxygen atoms in total. The average molecular weight is 500 g/mol. The van der Waals surface area contributed by atoms with E-state index >= 15 is 0 Å². The van der Waals surface area contributed by atoms with Gasteiger partial charge < -0.3 is 10.2 Å². The van der Waals surface area contributed by atoms with Crippen molar-refractivity contribution in [2.75, 3.05) is 0 Å². The summed E-state index contributed by atoms with van der Waals surface area (Å²) in [7, 11) is 1.85. The van der Waals surface area contributed by atoms with Crippen molar-refractivity contribution in [3.05, 3.63) is 99.7 Å². The Morgan fingerprint density at radius 3 is 2.26 bits per heavy atom. The Morgan fingerprint density at radius 2 is 1.62 bits per heavy atom. The molecule has 0 saturated heterocycles. The molecule has 0 aliphatic carbocycles. The van der Waals surface area contributed by atoms with E-state index in [4.69, 9.17) is 0 Å². The minimum absolute atomic E-state index is 0. The van der Waals surface area contributed by atoms with E-state index in [9.17, 15) is 20.3 Å². The van der Waals surface area contributed by atoms with Gasteiger partial charge in [0.05, 0.1) is 22.0 Å². The van der Waals surface area contributed by atoms with Gasteiger partial charge in [-0.3, -0.25) is 19.8 Å². The fourth-order valence-electron chi connectivity index (χ4n) is 3.39. The maximum atomic E-state index is 12.3. The summed E-state index contributed by atoms with van der Waals surface area (Å²) in [6, 6.07) is 19.7. The van der Waals surface area contributed by atoms with Crippen LogP contribution in [0.25, 0.3) is 5.69 Å². The molecule has 0 N–H and O–H groups in total. The van der Waals surface area contributed by atoms with Gasteiger partial charge in [0.15, 0.2) is 5.49 Å². The summed E-state index contributed by atoms with van der Waals surface area (Å²) in [6.45, 7) is 1.86. The zero-order valence-corrected chi connectivity index (χ0v) is 19.2. The Balaban J connectivity index is 0.00000324. The van der Waals surface area contributed by atoms with Crippen molar-refractivity contribution in [2.45, 2.75) is 6.92 Å². The number of nitrogens with zero attached hydrogens (tertiary/aromatic N) is 5. The summed E-state index contributed by atoms with van der Waals surface area (Å²) in [4.78, 5) is 19.4. The van der Waals surface area contributed by atoms with E-state index in [-0.39, 0.29) is 28.2 Å². The van der Waals surface area contributed by atoms with Crippen LogP contribution in [0.15, 0.2) is 82.8 Å². The van der Waals surface area contributed by atoms with Crippen molar-refractivity contribution >= 4 is 23.3 Å². The van der Waals surface area contributed by atoms with Crippen molar-refractivity contribution in [1.82, 2.24) is 9.36 Å². The van der Waals surface area contributed by atoms with Gasteiger partial charge in [0.2, 0.25) is 0 Å². The van der Waals surface area contributed by atoms with Crippen LogP contribution < -0.4 is 15.7 Å². The number of aliphatic imine (C=N–C) groups is 1. The van der Waals surface area contributed by atoms with Gasteiger partial charge >= 0.3 is 16.8 Å². The SMILES string of the molecule is Cc1c(N=Cc2ccc([N+](=O)[O-])c([O-])c2)c(=Nc2ccccc2[O-])n(-c2ccccc2)n1C.[Co+2]. The third-order valence-electron chi connectivity index (χ3n) is 5.16. The molecule has 0 aliphatic heterocycles. The Bertz CT molecular complexity index is 1440. The topological polar surface area (TPSA) is 124 Å². The molecule has 173 valence electrons. The molecule has 0 atom stereocenters. The Labute approximate surface area is 205 Å². The molecular formula is C24H19CoN5O4. The monoisotopic (exact) mass is 500 g/mol. The maximum absolute atomic E-state index is 12.3. The molecule has 1 heterocycles. The molecular weight excluding hydrogens is 481 g/mol. The average Bonchev–Trinajstić information content (AvgIpc) is 3.03. The number of nitro benzene ring substituents is 1. The molecule has 4 aromatic rings. The van der Waals surface area contributed by atoms with Gasteiger partial charge in [0, 0.05) is 19.3 Å². The van der Waals surface area contributed by atoms with E-state index in [2.05, 4.69) is 9.98 Å². The van der Waals surface area contributed by atoms with Crippen LogP contribution in [-0.2, 0) is 23.8 Å². The second-order valence-electron chi connectivity index (χ2n) is 7.25. The standard InChI is InChI=1S/C24H21N5O4.Co/c1-16-23(25-15-17-12-13-20(29(32)33)22(31)14-17)24(26-19-10-6-7-11-21(19)30)28(27(16)2)18-8-4-3-5-9-18;/h3-15,30-31H,1-2H3;/q;+2/p-2. The molecule has 0 unspecified atom stereocenters. The van der Waals surface area contributed by atoms with Crippen LogP contribution in [0.5, 0.6) is 11.5 Å². The van der Waals surface area contributed by atoms with Gasteiger partial charge in [-0.15, -0.1) is 0 Å². The summed E-state index contributed by atoms with van der Waals surface area (Å²) in [5.41, 5.74) is 2.70. The number of benzene rings is 3. The zero-order valence-electron chi connectivity index (χ0n) is 18.2. The number of rotatable bonds is 5. The van der Waals surface area contributed by atoms with Crippen molar-refractivity contribution in [3.8, 4) is 17.2 Å². The first-order chi connectivity index (χ1) is 15.9. The first-order valence-corrected chi connectivity index (χ1v) is 10.0. The predicted octanol–water partition coefficient (Wildman–Crippen LogP) is 3.16. The third-order valence-corrected chi connectivity index (χ3v) is 5.16. The van der Waals surface area contributed by atoms with E-state index in [1.54, 1.807) is 18.2 Å². The Kier molecular flexibility index (Phi) is 7.34. The first-order valence-electron chi connectivity index (χ1n) is 10.0. The second kappa shape index (κ2) is 10.2. The fraction of sp³-hybridized carbons (Fsp3) is 0.0833. The summed E-state index contributed by atoms with van der Waals surface area (Å²) in [5, 5.41) is 35.2. The molecule has 0 fully saturated rings. The van der Waals surface area contributed by atoms with Crippen LogP contribution in [0, 0.1) is 17.0 Å². The molecule has 0 amide bonds. The van der Waals surface area contributed by atoms with Gasteiger partial charge in [-0.05, 0) is 42.5 Å². The van der Waals surface area contributed by atoms with Crippen LogP contribution >= 0.6 is 0 Å². The summed E-state index contributed by atoms with van der Waals surface area (Å²) in [5.74, 6) is -0.918. The van der Waals surface area contributed by atoms with E-state index in [0.29, 0.717) is 16.7 Å². The molecule has 1 aromatic heterocycles. The van der Waals surface area contributed by atoms with Gasteiger partial charge in [0.1, 0.15) is 5.69 Å². The molecule has 0 bridgehead atoms. The van der Waals surface area contributed by atoms with Crippen LogP contribution in [0.3, 0.4) is 0 Å². The summed E-state index contributed by atoms with van der Waals surface area (Å²) < 4.78 is 3.70. The minimum atomic E-state index is -0.718. The number of aromatic nitrogens is 2. The molecule has 3 aromatic carbocycles. The van der Waals surface area contributed by atoms with Crippen LogP contribution in [0.4, 0.5) is 17.1 Å². The van der Waals surface area contributed by atoms with Gasteiger partial charge in [-0.25, -0.2) is 9.67 Å². The normalized spacial score (nSPS) is 11.5. The van der Waals surface area contributed by atoms with Crippen molar-refractivity contribution in [1.29, 1.82) is 0 Å². The molecule has 4 rings (SSSR count). The second-order valence-corrected chi connectivity index (χ2v) is 7.25. The smallest absolute Gasteiger partial charge is 0.871 e. The summed E-state index contributed by atoms with van der Waals surface area (Å²) >= 11 is 0. The van der Waals surface area contributed by atoms with Gasteiger partial charge in [-0.2, -0.15) is 0 Å². The van der Waals surface area contributed by atoms with E-state index in [1.807, 2.05) is 53.7 Å². The number of hydrogen-bond acceptors (Lipinski definition) is 6. The zero-order chi connectivity index (χ0) is 23.5. The van der Waals surface area contributed by atoms with Crippen LogP contribution in [0.1, 0.15) is 11.3 Å². The third kappa shape index (κ3) is 4.77. The van der Waals surface area contributed by atoms with Crippen molar-refractivity contribution in [3.63, 3.8) is 0 Å². The number of hydrogen-bond donors (Lipinski definition) is 0. The van der Waals surface area contributed by atoms with Crippen molar-refractivity contribution in [2.24, 2.45) is 17.0 Å². The number of para-hydroxylation sites is 3. The minimum Gasteiger partial charge on any atom is -0.871 e. The molecule has 0 aliphatic rings. The van der Waals surface area contributed by atoms with E-state index in [0.717, 1.165) is 23.5 Å². The molecule has 0 spiro atoms. The van der Waals surface area contributed by atoms with Crippen molar-refractivity contribution < 1.29 is 31.9 Å². The molecule has 34 heavy (non-hydrogen) atoms. The Morgan fingerprint density at radius 1 is 0.941 bits per heavy atom. The molecule has 0 saturated carbocycles.